The van der Waals surface area contributed by atoms with Crippen LogP contribution in [-0.2, 0) is 10.0 Å². The minimum Gasteiger partial charge on any atom is -0.284 e. The van der Waals surface area contributed by atoms with Gasteiger partial charge in [-0.2, -0.15) is 0 Å². The van der Waals surface area contributed by atoms with Gasteiger partial charge in [-0.25, -0.2) is 8.42 Å². The van der Waals surface area contributed by atoms with E-state index in [1.807, 2.05) is 0 Å². The first-order valence-electron chi connectivity index (χ1n) is 3.62. The van der Waals surface area contributed by atoms with E-state index < -0.39 is 10.0 Å². The van der Waals surface area contributed by atoms with Crippen molar-refractivity contribution in [3.63, 3.8) is 0 Å². The second-order valence-corrected chi connectivity index (χ2v) is 5.02. The molecule has 5 heteroatoms. The third-order valence-electron chi connectivity index (χ3n) is 1.48. The molecule has 0 aliphatic rings. The molecule has 0 heterocycles. The molecule has 1 aromatic rings. The van der Waals surface area contributed by atoms with Gasteiger partial charge in [0.05, 0.1) is 11.9 Å². The third kappa shape index (κ3) is 3.24. The van der Waals surface area contributed by atoms with Crippen LogP contribution >= 0.6 is 11.6 Å². The van der Waals surface area contributed by atoms with Gasteiger partial charge in [0.2, 0.25) is 10.0 Å². The molecule has 0 atom stereocenters. The van der Waals surface area contributed by atoms with Crippen molar-refractivity contribution in [2.24, 2.45) is 0 Å². The number of hydrogen-bond donors (Lipinski definition) is 1. The maximum absolute atomic E-state index is 10.9. The van der Waals surface area contributed by atoms with Crippen LogP contribution in [0.5, 0.6) is 0 Å². The molecule has 72 valence electrons. The molecule has 13 heavy (non-hydrogen) atoms. The highest BCUT2D eigenvalue weighted by molar-refractivity contribution is 7.92. The van der Waals surface area contributed by atoms with Gasteiger partial charge in [0, 0.05) is 5.02 Å². The summed E-state index contributed by atoms with van der Waals surface area (Å²) in [5, 5.41) is 0.594. The van der Waals surface area contributed by atoms with Crippen LogP contribution in [0, 0.1) is 6.92 Å². The van der Waals surface area contributed by atoms with Crippen molar-refractivity contribution in [3.05, 3.63) is 28.8 Å². The lowest BCUT2D eigenvalue weighted by Gasteiger charge is -2.06. The predicted octanol–water partition coefficient (Wildman–Crippen LogP) is 2.02. The summed E-state index contributed by atoms with van der Waals surface area (Å²) in [6, 6.07) is 4.98. The van der Waals surface area contributed by atoms with Crippen LogP contribution in [0.3, 0.4) is 0 Å². The molecule has 0 radical (unpaired) electrons. The van der Waals surface area contributed by atoms with Crippen LogP contribution in [0.4, 0.5) is 5.69 Å². The summed E-state index contributed by atoms with van der Waals surface area (Å²) in [5.41, 5.74) is 1.37. The van der Waals surface area contributed by atoms with Gasteiger partial charge in [-0.3, -0.25) is 4.72 Å². The molecule has 0 spiro atoms. The average Bonchev–Trinajstić information content (AvgIpc) is 1.93. The molecule has 0 unspecified atom stereocenters. The maximum Gasteiger partial charge on any atom is 0.229 e. The van der Waals surface area contributed by atoms with E-state index in [1.54, 1.807) is 25.1 Å². The lowest BCUT2D eigenvalue weighted by atomic mass is 10.2. The van der Waals surface area contributed by atoms with E-state index in [-0.39, 0.29) is 0 Å². The second kappa shape index (κ2) is 3.55. The Bertz CT molecular complexity index is 414. The Balaban J connectivity index is 3.04. The Hall–Kier alpha value is -0.740. The summed E-state index contributed by atoms with van der Waals surface area (Å²) >= 11 is 5.71. The minimum atomic E-state index is -3.21. The molecule has 0 aromatic heterocycles. The van der Waals surface area contributed by atoms with E-state index >= 15 is 0 Å². The number of benzene rings is 1. The zero-order valence-electron chi connectivity index (χ0n) is 7.33. The SMILES string of the molecule is Cc1cc(Cl)ccc1NS(C)(=O)=O. The van der Waals surface area contributed by atoms with Gasteiger partial charge in [-0.1, -0.05) is 11.6 Å². The van der Waals surface area contributed by atoms with Gasteiger partial charge >= 0.3 is 0 Å². The number of halogens is 1. The Morgan fingerprint density at radius 2 is 2.00 bits per heavy atom. The van der Waals surface area contributed by atoms with Crippen molar-refractivity contribution >= 4 is 27.3 Å². The van der Waals surface area contributed by atoms with Crippen molar-refractivity contribution in [3.8, 4) is 0 Å². The second-order valence-electron chi connectivity index (χ2n) is 2.83. The Labute approximate surface area is 82.8 Å². The van der Waals surface area contributed by atoms with Crippen LogP contribution in [0.1, 0.15) is 5.56 Å². The van der Waals surface area contributed by atoms with Crippen LogP contribution in [0.2, 0.25) is 5.02 Å². The molecule has 1 rings (SSSR count). The number of anilines is 1. The van der Waals surface area contributed by atoms with Gasteiger partial charge < -0.3 is 0 Å². The first-order chi connectivity index (χ1) is 5.88. The third-order valence-corrected chi connectivity index (χ3v) is 2.31. The minimum absolute atomic E-state index is 0.562. The number of sulfonamides is 1. The fourth-order valence-electron chi connectivity index (χ4n) is 0.941. The van der Waals surface area contributed by atoms with E-state index in [0.29, 0.717) is 10.7 Å². The molecule has 1 N–H and O–H groups in total. The van der Waals surface area contributed by atoms with E-state index in [2.05, 4.69) is 4.72 Å². The molecule has 0 fully saturated rings. The van der Waals surface area contributed by atoms with Crippen molar-refractivity contribution < 1.29 is 8.42 Å². The van der Waals surface area contributed by atoms with Gasteiger partial charge in [0.1, 0.15) is 0 Å². The van der Waals surface area contributed by atoms with Crippen LogP contribution < -0.4 is 4.72 Å². The van der Waals surface area contributed by atoms with Crippen LogP contribution in [-0.4, -0.2) is 14.7 Å². The number of hydrogen-bond acceptors (Lipinski definition) is 2. The zero-order chi connectivity index (χ0) is 10.1. The van der Waals surface area contributed by atoms with Gasteiger partial charge in [0.25, 0.3) is 0 Å². The topological polar surface area (TPSA) is 46.2 Å². The Morgan fingerprint density at radius 3 is 2.46 bits per heavy atom. The summed E-state index contributed by atoms with van der Waals surface area (Å²) in [6.45, 7) is 1.79. The average molecular weight is 220 g/mol. The lowest BCUT2D eigenvalue weighted by Crippen LogP contribution is -2.10. The van der Waals surface area contributed by atoms with Gasteiger partial charge in [0.15, 0.2) is 0 Å². The first-order valence-corrected chi connectivity index (χ1v) is 5.89. The molecule has 0 saturated heterocycles. The number of rotatable bonds is 2. The standard InChI is InChI=1S/C8H10ClNO2S/c1-6-5-7(9)3-4-8(6)10-13(2,11)12/h3-5,10H,1-2H3. The molecule has 1 aromatic carbocycles. The highest BCUT2D eigenvalue weighted by atomic mass is 35.5. The van der Waals surface area contributed by atoms with E-state index in [1.165, 1.54) is 0 Å². The smallest absolute Gasteiger partial charge is 0.229 e. The summed E-state index contributed by atoms with van der Waals surface area (Å²) in [7, 11) is -3.21. The molecular weight excluding hydrogens is 210 g/mol. The summed E-state index contributed by atoms with van der Waals surface area (Å²) in [5.74, 6) is 0. The van der Waals surface area contributed by atoms with E-state index in [9.17, 15) is 8.42 Å². The molecular formula is C8H10ClNO2S. The molecule has 0 bridgehead atoms. The van der Waals surface area contributed by atoms with Crippen molar-refractivity contribution in [1.82, 2.24) is 0 Å². The van der Waals surface area contributed by atoms with E-state index in [4.69, 9.17) is 11.6 Å². The fourth-order valence-corrected chi connectivity index (χ4v) is 1.80. The molecule has 0 saturated carbocycles. The summed E-state index contributed by atoms with van der Waals surface area (Å²) < 4.78 is 24.2. The largest absolute Gasteiger partial charge is 0.284 e. The molecule has 0 amide bonds. The monoisotopic (exact) mass is 219 g/mol. The maximum atomic E-state index is 10.9. The first kappa shape index (κ1) is 10.3. The number of nitrogens with one attached hydrogen (secondary N) is 1. The van der Waals surface area contributed by atoms with Crippen molar-refractivity contribution in [1.29, 1.82) is 0 Å². The van der Waals surface area contributed by atoms with Crippen molar-refractivity contribution in [2.45, 2.75) is 6.92 Å². The fraction of sp³-hybridized carbons (Fsp3) is 0.250. The lowest BCUT2D eigenvalue weighted by molar-refractivity contribution is 0.607. The number of aryl methyl sites for hydroxylation is 1. The molecule has 0 aliphatic carbocycles. The molecule has 0 aliphatic heterocycles. The zero-order valence-corrected chi connectivity index (χ0v) is 8.91. The van der Waals surface area contributed by atoms with Crippen LogP contribution in [0.25, 0.3) is 0 Å². The van der Waals surface area contributed by atoms with Gasteiger partial charge in [-0.15, -0.1) is 0 Å². The summed E-state index contributed by atoms with van der Waals surface area (Å²) in [4.78, 5) is 0. The summed E-state index contributed by atoms with van der Waals surface area (Å²) in [6.07, 6.45) is 1.11. The molecule has 3 nitrogen and oxygen atoms in total. The van der Waals surface area contributed by atoms with Crippen molar-refractivity contribution in [2.75, 3.05) is 11.0 Å². The quantitative estimate of drug-likeness (QED) is 0.827. The van der Waals surface area contributed by atoms with Crippen LogP contribution in [0.15, 0.2) is 18.2 Å². The highest BCUT2D eigenvalue weighted by Crippen LogP contribution is 2.20. The van der Waals surface area contributed by atoms with E-state index in [0.717, 1.165) is 11.8 Å². The Morgan fingerprint density at radius 1 is 1.38 bits per heavy atom. The predicted molar refractivity (Wildman–Crippen MR) is 54.7 cm³/mol. The normalized spacial score (nSPS) is 11.3. The highest BCUT2D eigenvalue weighted by Gasteiger charge is 2.04. The Kier molecular flexibility index (Phi) is 2.83. The van der Waals surface area contributed by atoms with Gasteiger partial charge in [-0.05, 0) is 30.7 Å².